The maximum atomic E-state index is 9.68. The summed E-state index contributed by atoms with van der Waals surface area (Å²) in [4.78, 5) is 0. The Morgan fingerprint density at radius 2 is 2.12 bits per heavy atom. The minimum Gasteiger partial charge on any atom is -0.491 e. The van der Waals surface area contributed by atoms with Crippen LogP contribution in [0.15, 0.2) is 41.4 Å². The van der Waals surface area contributed by atoms with E-state index in [1.54, 1.807) is 6.08 Å². The minimum absolute atomic E-state index is 0.192. The van der Waals surface area contributed by atoms with Crippen LogP contribution >= 0.6 is 15.9 Å². The third-order valence-electron chi connectivity index (χ3n) is 2.29. The number of aliphatic hydroxyl groups is 1. The molecular formula is C13H18BrNO2. The van der Waals surface area contributed by atoms with E-state index in [4.69, 9.17) is 4.74 Å². The van der Waals surface area contributed by atoms with E-state index in [1.807, 2.05) is 31.2 Å². The number of aliphatic hydroxyl groups excluding tert-OH is 1. The Morgan fingerprint density at radius 1 is 1.47 bits per heavy atom. The van der Waals surface area contributed by atoms with Crippen LogP contribution in [-0.2, 0) is 0 Å². The summed E-state index contributed by atoms with van der Waals surface area (Å²) in [7, 11) is 0. The number of halogens is 1. The van der Waals surface area contributed by atoms with Crippen molar-refractivity contribution >= 4 is 15.9 Å². The first-order valence-corrected chi connectivity index (χ1v) is 6.33. The number of benzene rings is 1. The molecule has 0 aliphatic carbocycles. The molecule has 0 aromatic heterocycles. The summed E-state index contributed by atoms with van der Waals surface area (Å²) in [6, 6.07) is 7.71. The molecule has 1 rings (SSSR count). The average Bonchev–Trinajstić information content (AvgIpc) is 2.35. The van der Waals surface area contributed by atoms with Crippen LogP contribution in [0.4, 0.5) is 0 Å². The zero-order valence-electron chi connectivity index (χ0n) is 9.90. The molecule has 0 fully saturated rings. The number of ether oxygens (including phenoxy) is 1. The summed E-state index contributed by atoms with van der Waals surface area (Å²) < 4.78 is 6.46. The van der Waals surface area contributed by atoms with Gasteiger partial charge in [-0.2, -0.15) is 0 Å². The standard InChI is InChI=1S/C13H18BrNO2/c1-3-10(2)15-8-12(16)9-17-13-6-4-11(14)5-7-13/h3-7,10,12,15-16H,1,8-9H2,2H3. The Kier molecular flexibility index (Phi) is 6.26. The molecule has 3 nitrogen and oxygen atoms in total. The third kappa shape index (κ3) is 5.86. The first kappa shape index (κ1) is 14.2. The molecule has 2 atom stereocenters. The van der Waals surface area contributed by atoms with Gasteiger partial charge >= 0.3 is 0 Å². The molecule has 0 bridgehead atoms. The van der Waals surface area contributed by atoms with Crippen molar-refractivity contribution in [1.29, 1.82) is 0 Å². The molecule has 0 aliphatic heterocycles. The zero-order valence-corrected chi connectivity index (χ0v) is 11.5. The van der Waals surface area contributed by atoms with Gasteiger partial charge in [0.2, 0.25) is 0 Å². The van der Waals surface area contributed by atoms with E-state index in [0.29, 0.717) is 6.54 Å². The Bertz CT molecular complexity index is 340. The molecule has 0 aliphatic rings. The number of hydrogen-bond acceptors (Lipinski definition) is 3. The Hall–Kier alpha value is -0.840. The van der Waals surface area contributed by atoms with Gasteiger partial charge in [0.05, 0.1) is 0 Å². The summed E-state index contributed by atoms with van der Waals surface area (Å²) >= 11 is 3.35. The first-order valence-electron chi connectivity index (χ1n) is 5.54. The van der Waals surface area contributed by atoms with Crippen LogP contribution in [0.25, 0.3) is 0 Å². The van der Waals surface area contributed by atoms with Gasteiger partial charge in [-0.25, -0.2) is 0 Å². The highest BCUT2D eigenvalue weighted by molar-refractivity contribution is 9.10. The van der Waals surface area contributed by atoms with Gasteiger partial charge in [-0.15, -0.1) is 6.58 Å². The van der Waals surface area contributed by atoms with E-state index in [0.717, 1.165) is 10.2 Å². The van der Waals surface area contributed by atoms with Crippen LogP contribution in [0.3, 0.4) is 0 Å². The first-order chi connectivity index (χ1) is 8.11. The summed E-state index contributed by atoms with van der Waals surface area (Å²) in [5.41, 5.74) is 0. The van der Waals surface area contributed by atoms with Crippen molar-refractivity contribution in [3.05, 3.63) is 41.4 Å². The van der Waals surface area contributed by atoms with Crippen molar-refractivity contribution < 1.29 is 9.84 Å². The molecule has 0 spiro atoms. The van der Waals surface area contributed by atoms with Gasteiger partial charge < -0.3 is 15.2 Å². The monoisotopic (exact) mass is 299 g/mol. The van der Waals surface area contributed by atoms with E-state index in [1.165, 1.54) is 0 Å². The number of hydrogen-bond donors (Lipinski definition) is 2. The number of rotatable bonds is 7. The molecule has 94 valence electrons. The van der Waals surface area contributed by atoms with Crippen LogP contribution < -0.4 is 10.1 Å². The van der Waals surface area contributed by atoms with Crippen molar-refractivity contribution in [1.82, 2.24) is 5.32 Å². The van der Waals surface area contributed by atoms with Gasteiger partial charge in [0, 0.05) is 17.1 Å². The molecular weight excluding hydrogens is 282 g/mol. The third-order valence-corrected chi connectivity index (χ3v) is 2.81. The van der Waals surface area contributed by atoms with Crippen molar-refractivity contribution in [3.63, 3.8) is 0 Å². The lowest BCUT2D eigenvalue weighted by molar-refractivity contribution is 0.105. The zero-order chi connectivity index (χ0) is 12.7. The molecule has 1 aromatic carbocycles. The van der Waals surface area contributed by atoms with Crippen molar-refractivity contribution in [2.75, 3.05) is 13.2 Å². The highest BCUT2D eigenvalue weighted by Crippen LogP contribution is 2.16. The quantitative estimate of drug-likeness (QED) is 0.760. The Balaban J connectivity index is 2.25. The fourth-order valence-electron chi connectivity index (χ4n) is 1.19. The fraction of sp³-hybridized carbons (Fsp3) is 0.385. The van der Waals surface area contributed by atoms with Crippen LogP contribution in [0, 0.1) is 0 Å². The van der Waals surface area contributed by atoms with Gasteiger partial charge in [0.25, 0.3) is 0 Å². The Labute approximate surface area is 111 Å². The van der Waals surface area contributed by atoms with E-state index in [2.05, 4.69) is 27.8 Å². The summed E-state index contributed by atoms with van der Waals surface area (Å²) in [5, 5.41) is 12.8. The summed E-state index contributed by atoms with van der Waals surface area (Å²) in [5.74, 6) is 0.754. The second-order valence-corrected chi connectivity index (χ2v) is 4.77. The average molecular weight is 300 g/mol. The molecule has 1 aromatic rings. The predicted octanol–water partition coefficient (Wildman–Crippen LogP) is 2.35. The van der Waals surface area contributed by atoms with E-state index in [9.17, 15) is 5.11 Å². The number of nitrogens with one attached hydrogen (secondary N) is 1. The lowest BCUT2D eigenvalue weighted by Crippen LogP contribution is -2.35. The summed E-state index contributed by atoms with van der Waals surface area (Å²) in [6.07, 6.45) is 1.27. The van der Waals surface area contributed by atoms with E-state index >= 15 is 0 Å². The van der Waals surface area contributed by atoms with E-state index < -0.39 is 6.10 Å². The fourth-order valence-corrected chi connectivity index (χ4v) is 1.45. The maximum absolute atomic E-state index is 9.68. The van der Waals surface area contributed by atoms with Gasteiger partial charge in [-0.05, 0) is 31.2 Å². The van der Waals surface area contributed by atoms with Crippen LogP contribution in [0.2, 0.25) is 0 Å². The molecule has 0 radical (unpaired) electrons. The van der Waals surface area contributed by atoms with Crippen LogP contribution in [0.5, 0.6) is 5.75 Å². The van der Waals surface area contributed by atoms with Gasteiger partial charge in [0.1, 0.15) is 18.5 Å². The summed E-state index contributed by atoms with van der Waals surface area (Å²) in [6.45, 7) is 6.41. The normalized spacial score (nSPS) is 14.1. The molecule has 0 saturated heterocycles. The lowest BCUT2D eigenvalue weighted by Gasteiger charge is -2.15. The maximum Gasteiger partial charge on any atom is 0.119 e. The SMILES string of the molecule is C=CC(C)NCC(O)COc1ccc(Br)cc1. The topological polar surface area (TPSA) is 41.5 Å². The van der Waals surface area contributed by atoms with Crippen LogP contribution in [0.1, 0.15) is 6.92 Å². The minimum atomic E-state index is -0.527. The molecule has 2 unspecified atom stereocenters. The van der Waals surface area contributed by atoms with Crippen molar-refractivity contribution in [2.24, 2.45) is 0 Å². The molecule has 0 heterocycles. The molecule has 0 amide bonds. The van der Waals surface area contributed by atoms with Gasteiger partial charge in [-0.3, -0.25) is 0 Å². The largest absolute Gasteiger partial charge is 0.491 e. The second kappa shape index (κ2) is 7.48. The van der Waals surface area contributed by atoms with E-state index in [-0.39, 0.29) is 12.6 Å². The molecule has 0 saturated carbocycles. The van der Waals surface area contributed by atoms with Gasteiger partial charge in [0.15, 0.2) is 0 Å². The van der Waals surface area contributed by atoms with Gasteiger partial charge in [-0.1, -0.05) is 22.0 Å². The second-order valence-electron chi connectivity index (χ2n) is 3.85. The van der Waals surface area contributed by atoms with Crippen molar-refractivity contribution in [3.8, 4) is 5.75 Å². The van der Waals surface area contributed by atoms with Crippen LogP contribution in [-0.4, -0.2) is 30.4 Å². The molecule has 4 heteroatoms. The smallest absolute Gasteiger partial charge is 0.119 e. The highest BCUT2D eigenvalue weighted by Gasteiger charge is 2.06. The Morgan fingerprint density at radius 3 is 2.71 bits per heavy atom. The van der Waals surface area contributed by atoms with Crippen molar-refractivity contribution in [2.45, 2.75) is 19.1 Å². The lowest BCUT2D eigenvalue weighted by atomic mass is 10.3. The molecule has 17 heavy (non-hydrogen) atoms. The predicted molar refractivity (Wildman–Crippen MR) is 73.3 cm³/mol. The highest BCUT2D eigenvalue weighted by atomic mass is 79.9. The molecule has 2 N–H and O–H groups in total.